The normalized spacial score (nSPS) is 24.8. The van der Waals surface area contributed by atoms with Crippen molar-refractivity contribution < 1.29 is 14.4 Å². The molecule has 2 heterocycles. The molecule has 2 amide bonds. The lowest BCUT2D eigenvalue weighted by Gasteiger charge is -2.29. The minimum absolute atomic E-state index is 0.163. The van der Waals surface area contributed by atoms with Crippen molar-refractivity contribution in [2.24, 2.45) is 11.8 Å². The van der Waals surface area contributed by atoms with E-state index in [2.05, 4.69) is 13.8 Å². The van der Waals surface area contributed by atoms with Gasteiger partial charge in [0.1, 0.15) is 0 Å². The zero-order valence-electron chi connectivity index (χ0n) is 15.8. The Hall–Kier alpha value is -2.66. The Balaban J connectivity index is 1.69. The number of anilines is 2. The van der Waals surface area contributed by atoms with E-state index in [0.29, 0.717) is 11.6 Å². The summed E-state index contributed by atoms with van der Waals surface area (Å²) in [6.45, 7) is 6.22. The van der Waals surface area contributed by atoms with Gasteiger partial charge in [-0.2, -0.15) is 0 Å². The van der Waals surface area contributed by atoms with Crippen molar-refractivity contribution in [2.45, 2.75) is 39.3 Å². The van der Waals surface area contributed by atoms with Gasteiger partial charge in [0.15, 0.2) is 6.10 Å². The van der Waals surface area contributed by atoms with Crippen molar-refractivity contribution in [2.75, 3.05) is 9.96 Å². The van der Waals surface area contributed by atoms with E-state index in [-0.39, 0.29) is 17.9 Å². The average Bonchev–Trinajstić information content (AvgIpc) is 3.13. The second kappa shape index (κ2) is 6.82. The number of hydrogen-bond acceptors (Lipinski definition) is 4. The summed E-state index contributed by atoms with van der Waals surface area (Å²) in [5.74, 6) is -0.555. The van der Waals surface area contributed by atoms with Crippen molar-refractivity contribution in [3.05, 3.63) is 60.2 Å². The summed E-state index contributed by atoms with van der Waals surface area (Å²) in [6, 6.07) is 17.0. The zero-order chi connectivity index (χ0) is 19.1. The van der Waals surface area contributed by atoms with Crippen LogP contribution >= 0.6 is 0 Å². The molecule has 3 atom stereocenters. The van der Waals surface area contributed by atoms with Gasteiger partial charge >= 0.3 is 0 Å². The van der Waals surface area contributed by atoms with Gasteiger partial charge in [0.05, 0.1) is 23.3 Å². The quantitative estimate of drug-likeness (QED) is 0.776. The minimum atomic E-state index is -0.761. The van der Waals surface area contributed by atoms with E-state index in [4.69, 9.17) is 4.84 Å². The van der Waals surface area contributed by atoms with E-state index in [0.717, 1.165) is 17.7 Å². The minimum Gasteiger partial charge on any atom is -0.273 e. The number of hydroxylamine groups is 1. The average molecular weight is 364 g/mol. The molecule has 0 saturated carbocycles. The number of carbonyl (C=O) groups excluding carboxylic acids is 2. The number of benzene rings is 2. The second-order valence-corrected chi connectivity index (χ2v) is 7.76. The second-order valence-electron chi connectivity index (χ2n) is 7.76. The fourth-order valence-electron chi connectivity index (χ4n) is 3.99. The summed E-state index contributed by atoms with van der Waals surface area (Å²) >= 11 is 0. The molecule has 0 aromatic heterocycles. The summed E-state index contributed by atoms with van der Waals surface area (Å²) in [5, 5.41) is 1.78. The third kappa shape index (κ3) is 3.02. The van der Waals surface area contributed by atoms with Crippen molar-refractivity contribution in [3.8, 4) is 0 Å². The van der Waals surface area contributed by atoms with Gasteiger partial charge in [-0.15, -0.1) is 0 Å². The molecular weight excluding hydrogens is 340 g/mol. The summed E-state index contributed by atoms with van der Waals surface area (Å²) < 4.78 is 0. The number of fused-ring (bicyclic) bond motifs is 1. The first kappa shape index (κ1) is 17.7. The zero-order valence-corrected chi connectivity index (χ0v) is 15.8. The van der Waals surface area contributed by atoms with Crippen LogP contribution in [0.4, 0.5) is 11.4 Å². The van der Waals surface area contributed by atoms with Crippen LogP contribution in [0.25, 0.3) is 0 Å². The van der Waals surface area contributed by atoms with Crippen LogP contribution in [0.2, 0.25) is 0 Å². The summed E-state index contributed by atoms with van der Waals surface area (Å²) in [6.07, 6.45) is 0.0133. The van der Waals surface area contributed by atoms with Crippen LogP contribution in [-0.2, 0) is 14.4 Å². The molecule has 0 bridgehead atoms. The highest BCUT2D eigenvalue weighted by Crippen LogP contribution is 2.42. The molecule has 2 saturated heterocycles. The molecule has 2 aromatic carbocycles. The highest BCUT2D eigenvalue weighted by molar-refractivity contribution is 6.23. The molecule has 0 N–H and O–H groups in total. The number of carbonyl (C=O) groups is 2. The van der Waals surface area contributed by atoms with Gasteiger partial charge in [0, 0.05) is 0 Å². The monoisotopic (exact) mass is 364 g/mol. The largest absolute Gasteiger partial charge is 0.273 e. The number of para-hydroxylation sites is 1. The first-order valence-corrected chi connectivity index (χ1v) is 9.43. The van der Waals surface area contributed by atoms with E-state index in [1.54, 1.807) is 5.06 Å². The van der Waals surface area contributed by atoms with E-state index in [9.17, 15) is 9.59 Å². The molecule has 140 valence electrons. The van der Waals surface area contributed by atoms with E-state index >= 15 is 0 Å². The predicted molar refractivity (Wildman–Crippen MR) is 104 cm³/mol. The number of amides is 2. The number of rotatable bonds is 4. The molecule has 2 aromatic rings. The predicted octanol–water partition coefficient (Wildman–Crippen LogP) is 3.72. The van der Waals surface area contributed by atoms with Gasteiger partial charge in [0.25, 0.3) is 5.91 Å². The smallest absolute Gasteiger partial charge is 0.266 e. The van der Waals surface area contributed by atoms with Crippen molar-refractivity contribution >= 4 is 23.2 Å². The fraction of sp³-hybridized carbons (Fsp3) is 0.364. The molecule has 5 heteroatoms. The van der Waals surface area contributed by atoms with Crippen LogP contribution in [0.5, 0.6) is 0 Å². The Morgan fingerprint density at radius 1 is 0.926 bits per heavy atom. The topological polar surface area (TPSA) is 49.9 Å². The highest BCUT2D eigenvalue weighted by atomic mass is 16.7. The van der Waals surface area contributed by atoms with Gasteiger partial charge in [-0.25, -0.2) is 9.96 Å². The van der Waals surface area contributed by atoms with Gasteiger partial charge in [-0.1, -0.05) is 49.7 Å². The van der Waals surface area contributed by atoms with Crippen LogP contribution in [0.3, 0.4) is 0 Å². The van der Waals surface area contributed by atoms with Crippen molar-refractivity contribution in [3.63, 3.8) is 0 Å². The van der Waals surface area contributed by atoms with Crippen molar-refractivity contribution in [1.82, 2.24) is 0 Å². The molecule has 27 heavy (non-hydrogen) atoms. The fourth-order valence-corrected chi connectivity index (χ4v) is 3.99. The first-order chi connectivity index (χ1) is 13.0. The lowest BCUT2D eigenvalue weighted by molar-refractivity contribution is -0.126. The third-order valence-corrected chi connectivity index (χ3v) is 5.25. The standard InChI is InChI=1S/C22H24N2O3/c1-14(2)13-18-19-20(27-24(18)17-7-5-4-6-8-17)22(26)23(21(19)25)16-11-9-15(3)10-12-16/h4-12,14,18-20H,13H2,1-3H3/t18-,19-,20-/m1/s1. The molecule has 2 aliphatic rings. The molecule has 5 nitrogen and oxygen atoms in total. The maximum atomic E-state index is 13.2. The molecule has 0 aliphatic carbocycles. The number of hydrogen-bond donors (Lipinski definition) is 0. The Morgan fingerprint density at radius 2 is 1.59 bits per heavy atom. The Morgan fingerprint density at radius 3 is 2.22 bits per heavy atom. The lowest BCUT2D eigenvalue weighted by atomic mass is 9.90. The molecule has 0 unspecified atom stereocenters. The first-order valence-electron chi connectivity index (χ1n) is 9.43. The molecule has 0 spiro atoms. The van der Waals surface area contributed by atoms with Gasteiger partial charge in [-0.05, 0) is 43.5 Å². The number of nitrogens with zero attached hydrogens (tertiary/aromatic N) is 2. The SMILES string of the molecule is Cc1ccc(N2C(=O)[C@@H]3[C@@H](CC(C)C)N(c4ccccc4)O[C@H]3C2=O)cc1. The molecule has 4 rings (SSSR count). The van der Waals surface area contributed by atoms with Crippen LogP contribution in [0.1, 0.15) is 25.8 Å². The maximum Gasteiger partial charge on any atom is 0.266 e. The Kier molecular flexibility index (Phi) is 4.48. The van der Waals surface area contributed by atoms with Crippen LogP contribution in [0.15, 0.2) is 54.6 Å². The Bertz CT molecular complexity index is 848. The van der Waals surface area contributed by atoms with Crippen LogP contribution < -0.4 is 9.96 Å². The van der Waals surface area contributed by atoms with Gasteiger partial charge in [0.2, 0.25) is 5.91 Å². The summed E-state index contributed by atoms with van der Waals surface area (Å²) in [5.41, 5.74) is 2.57. The van der Waals surface area contributed by atoms with E-state index in [1.165, 1.54) is 4.90 Å². The van der Waals surface area contributed by atoms with E-state index in [1.807, 2.05) is 61.5 Å². The van der Waals surface area contributed by atoms with Crippen LogP contribution in [-0.4, -0.2) is 24.0 Å². The summed E-state index contributed by atoms with van der Waals surface area (Å²) in [7, 11) is 0. The summed E-state index contributed by atoms with van der Waals surface area (Å²) in [4.78, 5) is 33.7. The molecule has 0 radical (unpaired) electrons. The number of imide groups is 1. The molecular formula is C22H24N2O3. The maximum absolute atomic E-state index is 13.2. The molecule has 2 aliphatic heterocycles. The van der Waals surface area contributed by atoms with Crippen LogP contribution in [0, 0.1) is 18.8 Å². The highest BCUT2D eigenvalue weighted by Gasteiger charge is 2.59. The Labute approximate surface area is 159 Å². The molecule has 2 fully saturated rings. The van der Waals surface area contributed by atoms with Crippen molar-refractivity contribution in [1.29, 1.82) is 0 Å². The van der Waals surface area contributed by atoms with E-state index < -0.39 is 12.0 Å². The van der Waals surface area contributed by atoms with Gasteiger partial charge in [-0.3, -0.25) is 14.4 Å². The third-order valence-electron chi connectivity index (χ3n) is 5.25. The number of aryl methyl sites for hydroxylation is 1. The van der Waals surface area contributed by atoms with Gasteiger partial charge < -0.3 is 0 Å². The lowest BCUT2D eigenvalue weighted by Crippen LogP contribution is -2.41.